The van der Waals surface area contributed by atoms with Crippen LogP contribution in [0.3, 0.4) is 0 Å². The van der Waals surface area contributed by atoms with E-state index in [0.717, 1.165) is 19.4 Å². The van der Waals surface area contributed by atoms with Gasteiger partial charge in [0.1, 0.15) is 0 Å². The first kappa shape index (κ1) is 11.9. The van der Waals surface area contributed by atoms with E-state index in [2.05, 4.69) is 6.92 Å². The maximum atomic E-state index is 11.0. The number of carbonyl (C=O) groups is 1. The molecule has 0 unspecified atom stereocenters. The molecular weight excluding hydrogens is 174 g/mol. The molecule has 0 aromatic carbocycles. The fraction of sp³-hybridized carbons (Fsp3) is 0.889. The molecule has 72 valence electrons. The molecule has 0 amide bonds. The largest absolute Gasteiger partial charge is 0.294 e. The number of unbranched alkanes of at least 4 members (excludes halogenated alkanes) is 1. The zero-order chi connectivity index (χ0) is 9.78. The number of halogens is 1. The van der Waals surface area contributed by atoms with Gasteiger partial charge in [0, 0.05) is 0 Å². The second-order valence-corrected chi connectivity index (χ2v) is 3.95. The van der Waals surface area contributed by atoms with Crippen LogP contribution in [0.2, 0.25) is 0 Å². The number of hydrogen-bond acceptors (Lipinski definition) is 2. The van der Waals surface area contributed by atoms with Gasteiger partial charge in [0.15, 0.2) is 0 Å². The standard InChI is InChI=1S/C9H18ClNO/c1-5-6-7-11(4)9(2,3)8(10)12/h5-7H2,1-4H3. The third kappa shape index (κ3) is 3.11. The summed E-state index contributed by atoms with van der Waals surface area (Å²) in [6.07, 6.45) is 2.24. The summed E-state index contributed by atoms with van der Waals surface area (Å²) in [5.74, 6) is 0. The van der Waals surface area contributed by atoms with Crippen molar-refractivity contribution in [1.82, 2.24) is 4.90 Å². The second-order valence-electron chi connectivity index (χ2n) is 3.61. The van der Waals surface area contributed by atoms with Gasteiger partial charge in [-0.3, -0.25) is 9.69 Å². The van der Waals surface area contributed by atoms with Crippen molar-refractivity contribution in [3.05, 3.63) is 0 Å². The van der Waals surface area contributed by atoms with Crippen molar-refractivity contribution in [2.45, 2.75) is 39.2 Å². The highest BCUT2D eigenvalue weighted by atomic mass is 35.5. The predicted octanol–water partition coefficient (Wildman–Crippen LogP) is 2.26. The van der Waals surface area contributed by atoms with E-state index in [-0.39, 0.29) is 5.24 Å². The Morgan fingerprint density at radius 2 is 2.00 bits per heavy atom. The average molecular weight is 192 g/mol. The lowest BCUT2D eigenvalue weighted by Gasteiger charge is -2.31. The number of nitrogens with zero attached hydrogens (tertiary/aromatic N) is 1. The Bertz CT molecular complexity index is 157. The molecule has 0 atom stereocenters. The van der Waals surface area contributed by atoms with Gasteiger partial charge in [-0.2, -0.15) is 0 Å². The molecule has 0 aliphatic rings. The monoisotopic (exact) mass is 191 g/mol. The van der Waals surface area contributed by atoms with Crippen molar-refractivity contribution in [3.63, 3.8) is 0 Å². The second kappa shape index (κ2) is 4.83. The van der Waals surface area contributed by atoms with E-state index >= 15 is 0 Å². The van der Waals surface area contributed by atoms with Crippen LogP contribution in [-0.4, -0.2) is 29.3 Å². The van der Waals surface area contributed by atoms with E-state index in [1.165, 1.54) is 0 Å². The molecule has 0 rings (SSSR count). The Morgan fingerprint density at radius 3 is 2.33 bits per heavy atom. The summed E-state index contributed by atoms with van der Waals surface area (Å²) in [5.41, 5.74) is -0.531. The Balaban J connectivity index is 4.06. The maximum absolute atomic E-state index is 11.0. The summed E-state index contributed by atoms with van der Waals surface area (Å²) in [6.45, 7) is 6.74. The molecule has 0 bridgehead atoms. The quantitative estimate of drug-likeness (QED) is 0.622. The topological polar surface area (TPSA) is 20.3 Å². The minimum atomic E-state index is -0.531. The van der Waals surface area contributed by atoms with Crippen LogP contribution in [0.15, 0.2) is 0 Å². The minimum Gasteiger partial charge on any atom is -0.294 e. The normalized spacial score (nSPS) is 12.2. The van der Waals surface area contributed by atoms with Crippen molar-refractivity contribution in [1.29, 1.82) is 0 Å². The van der Waals surface area contributed by atoms with Crippen LogP contribution < -0.4 is 0 Å². The highest BCUT2D eigenvalue weighted by molar-refractivity contribution is 6.65. The van der Waals surface area contributed by atoms with Crippen LogP contribution in [0.25, 0.3) is 0 Å². The SMILES string of the molecule is CCCCN(C)C(C)(C)C(=O)Cl. The molecule has 0 aliphatic carbocycles. The van der Waals surface area contributed by atoms with Gasteiger partial charge in [-0.05, 0) is 45.5 Å². The number of rotatable bonds is 5. The van der Waals surface area contributed by atoms with Crippen LogP contribution in [0.1, 0.15) is 33.6 Å². The Kier molecular flexibility index (Phi) is 4.80. The zero-order valence-corrected chi connectivity index (χ0v) is 9.11. The molecule has 0 aliphatic heterocycles. The summed E-state index contributed by atoms with van der Waals surface area (Å²) in [6, 6.07) is 0. The molecule has 0 saturated heterocycles. The van der Waals surface area contributed by atoms with Crippen LogP contribution in [0.5, 0.6) is 0 Å². The molecule has 0 heterocycles. The lowest BCUT2D eigenvalue weighted by atomic mass is 10.1. The Labute approximate surface area is 79.9 Å². The van der Waals surface area contributed by atoms with E-state index in [1.54, 1.807) is 0 Å². The first-order valence-corrected chi connectivity index (χ1v) is 4.72. The molecule has 0 aromatic rings. The molecule has 2 nitrogen and oxygen atoms in total. The lowest BCUT2D eigenvalue weighted by Crippen LogP contribution is -2.46. The van der Waals surface area contributed by atoms with Crippen LogP contribution >= 0.6 is 11.6 Å². The van der Waals surface area contributed by atoms with Gasteiger partial charge in [0.2, 0.25) is 5.24 Å². The van der Waals surface area contributed by atoms with Gasteiger partial charge in [0.05, 0.1) is 5.54 Å². The van der Waals surface area contributed by atoms with E-state index in [0.29, 0.717) is 0 Å². The molecule has 0 aromatic heterocycles. The Hall–Kier alpha value is -0.0800. The molecule has 0 saturated carbocycles. The first-order chi connectivity index (χ1) is 5.42. The molecule has 0 fully saturated rings. The first-order valence-electron chi connectivity index (χ1n) is 4.34. The molecule has 12 heavy (non-hydrogen) atoms. The maximum Gasteiger partial charge on any atom is 0.241 e. The molecule has 0 radical (unpaired) electrons. The fourth-order valence-electron chi connectivity index (χ4n) is 0.825. The molecule has 3 heteroatoms. The van der Waals surface area contributed by atoms with Crippen molar-refractivity contribution in [3.8, 4) is 0 Å². The number of carbonyl (C=O) groups excluding carboxylic acids is 1. The van der Waals surface area contributed by atoms with Crippen LogP contribution in [0.4, 0.5) is 0 Å². The van der Waals surface area contributed by atoms with Crippen LogP contribution in [0, 0.1) is 0 Å². The van der Waals surface area contributed by atoms with Crippen molar-refractivity contribution in [2.24, 2.45) is 0 Å². The van der Waals surface area contributed by atoms with Gasteiger partial charge in [-0.25, -0.2) is 0 Å². The van der Waals surface area contributed by atoms with Crippen molar-refractivity contribution < 1.29 is 4.79 Å². The van der Waals surface area contributed by atoms with Gasteiger partial charge in [-0.1, -0.05) is 13.3 Å². The molecular formula is C9H18ClNO. The van der Waals surface area contributed by atoms with E-state index in [4.69, 9.17) is 11.6 Å². The summed E-state index contributed by atoms with van der Waals surface area (Å²) >= 11 is 5.46. The summed E-state index contributed by atoms with van der Waals surface area (Å²) < 4.78 is 0. The summed E-state index contributed by atoms with van der Waals surface area (Å²) in [4.78, 5) is 13.0. The van der Waals surface area contributed by atoms with Gasteiger partial charge < -0.3 is 0 Å². The van der Waals surface area contributed by atoms with Crippen molar-refractivity contribution >= 4 is 16.8 Å². The third-order valence-corrected chi connectivity index (χ3v) is 2.74. The van der Waals surface area contributed by atoms with E-state index < -0.39 is 5.54 Å². The van der Waals surface area contributed by atoms with E-state index in [1.807, 2.05) is 25.8 Å². The average Bonchev–Trinajstić information content (AvgIpc) is 1.99. The minimum absolute atomic E-state index is 0.291. The molecule has 0 spiro atoms. The fourth-order valence-corrected chi connectivity index (χ4v) is 0.969. The third-order valence-electron chi connectivity index (χ3n) is 2.28. The van der Waals surface area contributed by atoms with Gasteiger partial charge in [-0.15, -0.1) is 0 Å². The summed E-state index contributed by atoms with van der Waals surface area (Å²) in [7, 11) is 1.93. The number of likely N-dealkylation sites (N-methyl/N-ethyl adjacent to an activating group) is 1. The Morgan fingerprint density at radius 1 is 1.50 bits per heavy atom. The van der Waals surface area contributed by atoms with Crippen molar-refractivity contribution in [2.75, 3.05) is 13.6 Å². The predicted molar refractivity (Wildman–Crippen MR) is 52.5 cm³/mol. The number of hydrogen-bond donors (Lipinski definition) is 0. The molecule has 0 N–H and O–H groups in total. The van der Waals surface area contributed by atoms with E-state index in [9.17, 15) is 4.79 Å². The van der Waals surface area contributed by atoms with Crippen LogP contribution in [-0.2, 0) is 4.79 Å². The van der Waals surface area contributed by atoms with Gasteiger partial charge >= 0.3 is 0 Å². The lowest BCUT2D eigenvalue weighted by molar-refractivity contribution is -0.120. The highest BCUT2D eigenvalue weighted by Crippen LogP contribution is 2.16. The zero-order valence-electron chi connectivity index (χ0n) is 8.35. The van der Waals surface area contributed by atoms with Gasteiger partial charge in [0.25, 0.3) is 0 Å². The smallest absolute Gasteiger partial charge is 0.241 e. The summed E-state index contributed by atoms with van der Waals surface area (Å²) in [5, 5.41) is -0.291. The highest BCUT2D eigenvalue weighted by Gasteiger charge is 2.29.